The summed E-state index contributed by atoms with van der Waals surface area (Å²) in [6, 6.07) is 0. The van der Waals surface area contributed by atoms with E-state index in [1.807, 2.05) is 20.8 Å². The van der Waals surface area contributed by atoms with Gasteiger partial charge in [-0.15, -0.1) is 0 Å². The maximum atomic E-state index is 12.4. The molecule has 2 heterocycles. The number of rotatable bonds is 2. The molecule has 5 heteroatoms. The van der Waals surface area contributed by atoms with Crippen LogP contribution in [0.2, 0.25) is 0 Å². The van der Waals surface area contributed by atoms with Gasteiger partial charge in [0.2, 0.25) is 0 Å². The molecule has 0 saturated carbocycles. The predicted molar refractivity (Wildman–Crippen MR) is 82.1 cm³/mol. The lowest BCUT2D eigenvalue weighted by Gasteiger charge is -2.29. The topological polar surface area (TPSA) is 40.6 Å². The average molecular weight is 296 g/mol. The van der Waals surface area contributed by atoms with E-state index in [1.165, 1.54) is 18.2 Å². The van der Waals surface area contributed by atoms with Crippen molar-refractivity contribution in [2.45, 2.75) is 45.4 Å². The van der Waals surface area contributed by atoms with Gasteiger partial charge < -0.3 is 4.90 Å². The van der Waals surface area contributed by atoms with E-state index in [4.69, 9.17) is 0 Å². The third-order valence-electron chi connectivity index (χ3n) is 3.82. The number of likely N-dealkylation sites (N-methyl/N-ethyl adjacent to an activating group) is 1. The lowest BCUT2D eigenvalue weighted by molar-refractivity contribution is -0.129. The van der Waals surface area contributed by atoms with Gasteiger partial charge >= 0.3 is 0 Å². The molecule has 2 aliphatic heterocycles. The number of likely N-dealkylation sites (tertiary alicyclic amines) is 1. The molecule has 4 nitrogen and oxygen atoms in total. The minimum Gasteiger partial charge on any atom is -0.308 e. The zero-order chi connectivity index (χ0) is 14.9. The first kappa shape index (κ1) is 15.6. The molecule has 112 valence electrons. The van der Waals surface area contributed by atoms with E-state index in [2.05, 4.69) is 4.90 Å². The van der Waals surface area contributed by atoms with E-state index in [9.17, 15) is 9.59 Å². The molecule has 0 aliphatic carbocycles. The monoisotopic (exact) mass is 296 g/mol. The molecule has 2 saturated heterocycles. The maximum absolute atomic E-state index is 12.4. The Labute approximate surface area is 125 Å². The normalized spacial score (nSPS) is 27.4. The summed E-state index contributed by atoms with van der Waals surface area (Å²) in [6.45, 7) is 7.66. The van der Waals surface area contributed by atoms with Crippen LogP contribution in [0.25, 0.3) is 0 Å². The number of ketones is 1. The fourth-order valence-electron chi connectivity index (χ4n) is 2.36. The number of thioether (sulfide) groups is 1. The molecule has 20 heavy (non-hydrogen) atoms. The molecule has 0 aromatic rings. The molecule has 0 aromatic heterocycles. The summed E-state index contributed by atoms with van der Waals surface area (Å²) in [7, 11) is 1.76. The number of carbonyl (C=O) groups excluding carboxylic acids is 2. The molecule has 2 rings (SSSR count). The van der Waals surface area contributed by atoms with Gasteiger partial charge in [0.1, 0.15) is 5.37 Å². The minimum atomic E-state index is -0.402. The summed E-state index contributed by atoms with van der Waals surface area (Å²) < 4.78 is 0. The Morgan fingerprint density at radius 3 is 2.40 bits per heavy atom. The van der Waals surface area contributed by atoms with Crippen LogP contribution < -0.4 is 0 Å². The highest BCUT2D eigenvalue weighted by Gasteiger charge is 2.39. The Hall–Kier alpha value is -0.810. The van der Waals surface area contributed by atoms with Crippen LogP contribution in [0.15, 0.2) is 11.1 Å². The quantitative estimate of drug-likeness (QED) is 0.734. The van der Waals surface area contributed by atoms with Gasteiger partial charge in [-0.2, -0.15) is 0 Å². The molecular weight excluding hydrogens is 272 g/mol. The van der Waals surface area contributed by atoms with Crippen LogP contribution in [0.4, 0.5) is 0 Å². The smallest absolute Gasteiger partial charge is 0.255 e. The SMILES string of the molecule is CN1C(=O)C(N2CCCCC2)S/C1=C\C(=O)C(C)(C)C. The highest BCUT2D eigenvalue weighted by Crippen LogP contribution is 2.37. The maximum Gasteiger partial charge on any atom is 0.255 e. The fraction of sp³-hybridized carbons (Fsp3) is 0.733. The molecule has 1 atom stereocenters. The molecule has 0 spiro atoms. The molecule has 2 fully saturated rings. The lowest BCUT2D eigenvalue weighted by atomic mass is 9.91. The van der Waals surface area contributed by atoms with Gasteiger partial charge in [-0.25, -0.2) is 0 Å². The Morgan fingerprint density at radius 1 is 1.25 bits per heavy atom. The second-order valence-corrected chi connectivity index (χ2v) is 7.66. The summed E-state index contributed by atoms with van der Waals surface area (Å²) in [5, 5.41) is 0.643. The van der Waals surface area contributed by atoms with Gasteiger partial charge in [-0.3, -0.25) is 14.5 Å². The number of hydrogen-bond acceptors (Lipinski definition) is 4. The first-order chi connectivity index (χ1) is 9.30. The molecule has 1 amide bonds. The molecule has 0 radical (unpaired) electrons. The lowest BCUT2D eigenvalue weighted by Crippen LogP contribution is -2.42. The molecule has 1 unspecified atom stereocenters. The van der Waals surface area contributed by atoms with Crippen LogP contribution in [0.1, 0.15) is 40.0 Å². The Kier molecular flexibility index (Phi) is 4.59. The van der Waals surface area contributed by atoms with Crippen LogP contribution in [0, 0.1) is 5.41 Å². The number of allylic oxidation sites excluding steroid dienone is 1. The molecular formula is C15H24N2O2S. The van der Waals surface area contributed by atoms with Crippen LogP contribution in [0.5, 0.6) is 0 Å². The van der Waals surface area contributed by atoms with E-state index in [1.54, 1.807) is 18.0 Å². The third kappa shape index (κ3) is 3.26. The number of piperidine rings is 1. The van der Waals surface area contributed by atoms with Gasteiger partial charge in [0.25, 0.3) is 5.91 Å². The largest absolute Gasteiger partial charge is 0.308 e. The standard InChI is InChI=1S/C15H24N2O2S/c1-15(2,3)11(18)10-12-16(4)13(19)14(20-12)17-8-6-5-7-9-17/h10,14H,5-9H2,1-4H3/b12-10-. The first-order valence-corrected chi connectivity index (χ1v) is 8.13. The van der Waals surface area contributed by atoms with Gasteiger partial charge in [-0.05, 0) is 25.9 Å². The predicted octanol–water partition coefficient (Wildman–Crippen LogP) is 2.46. The van der Waals surface area contributed by atoms with Crippen molar-refractivity contribution in [2.24, 2.45) is 5.41 Å². The van der Waals surface area contributed by atoms with Crippen LogP contribution >= 0.6 is 11.8 Å². The summed E-state index contributed by atoms with van der Waals surface area (Å²) in [5.41, 5.74) is -0.402. The van der Waals surface area contributed by atoms with Crippen LogP contribution in [0.3, 0.4) is 0 Å². The van der Waals surface area contributed by atoms with Crippen molar-refractivity contribution in [3.05, 3.63) is 11.1 Å². The number of amides is 1. The Bertz CT molecular complexity index is 434. The molecule has 0 bridgehead atoms. The highest BCUT2D eigenvalue weighted by atomic mass is 32.2. The van der Waals surface area contributed by atoms with E-state index < -0.39 is 5.41 Å². The first-order valence-electron chi connectivity index (χ1n) is 7.25. The van der Waals surface area contributed by atoms with Crippen molar-refractivity contribution in [3.63, 3.8) is 0 Å². The van der Waals surface area contributed by atoms with Crippen molar-refractivity contribution >= 4 is 23.5 Å². The van der Waals surface area contributed by atoms with Crippen LogP contribution in [-0.4, -0.2) is 47.0 Å². The van der Waals surface area contributed by atoms with E-state index in [0.717, 1.165) is 31.0 Å². The minimum absolute atomic E-state index is 0.0685. The second kappa shape index (κ2) is 5.90. The molecule has 2 aliphatic rings. The van der Waals surface area contributed by atoms with Crippen molar-refractivity contribution in [1.82, 2.24) is 9.80 Å². The zero-order valence-electron chi connectivity index (χ0n) is 12.8. The number of carbonyl (C=O) groups is 2. The summed E-state index contributed by atoms with van der Waals surface area (Å²) in [6.07, 6.45) is 5.21. The van der Waals surface area contributed by atoms with Crippen molar-refractivity contribution in [1.29, 1.82) is 0 Å². The highest BCUT2D eigenvalue weighted by molar-refractivity contribution is 8.04. The summed E-state index contributed by atoms with van der Waals surface area (Å²) in [5.74, 6) is 0.170. The third-order valence-corrected chi connectivity index (χ3v) is 5.18. The average Bonchev–Trinajstić information content (AvgIpc) is 2.67. The second-order valence-electron chi connectivity index (χ2n) is 6.56. The zero-order valence-corrected chi connectivity index (χ0v) is 13.6. The molecule has 0 aromatic carbocycles. The fourth-order valence-corrected chi connectivity index (χ4v) is 3.63. The van der Waals surface area contributed by atoms with Crippen molar-refractivity contribution < 1.29 is 9.59 Å². The van der Waals surface area contributed by atoms with Crippen LogP contribution in [-0.2, 0) is 9.59 Å². The van der Waals surface area contributed by atoms with E-state index in [0.29, 0.717) is 0 Å². The molecule has 0 N–H and O–H groups in total. The van der Waals surface area contributed by atoms with Crippen molar-refractivity contribution in [3.8, 4) is 0 Å². The van der Waals surface area contributed by atoms with E-state index in [-0.39, 0.29) is 17.1 Å². The number of hydrogen-bond donors (Lipinski definition) is 0. The van der Waals surface area contributed by atoms with Crippen molar-refractivity contribution in [2.75, 3.05) is 20.1 Å². The summed E-state index contributed by atoms with van der Waals surface area (Å²) in [4.78, 5) is 28.3. The number of nitrogens with zero attached hydrogens (tertiary/aromatic N) is 2. The Balaban J connectivity index is 2.12. The summed E-state index contributed by atoms with van der Waals surface area (Å²) >= 11 is 1.52. The van der Waals surface area contributed by atoms with Gasteiger partial charge in [0.05, 0.1) is 5.03 Å². The van der Waals surface area contributed by atoms with Gasteiger partial charge in [0.15, 0.2) is 5.78 Å². The van der Waals surface area contributed by atoms with E-state index >= 15 is 0 Å². The van der Waals surface area contributed by atoms with Gasteiger partial charge in [-0.1, -0.05) is 39.0 Å². The Morgan fingerprint density at radius 2 is 1.85 bits per heavy atom. The van der Waals surface area contributed by atoms with Gasteiger partial charge in [0, 0.05) is 18.5 Å².